The van der Waals surface area contributed by atoms with Gasteiger partial charge in [0.2, 0.25) is 6.41 Å². The van der Waals surface area contributed by atoms with E-state index in [0.29, 0.717) is 44.4 Å². The van der Waals surface area contributed by atoms with Crippen molar-refractivity contribution in [1.82, 2.24) is 20.2 Å². The second-order valence-electron chi connectivity index (χ2n) is 7.80. The molecule has 1 fully saturated rings. The summed E-state index contributed by atoms with van der Waals surface area (Å²) >= 11 is 0. The molecule has 1 aromatic carbocycles. The van der Waals surface area contributed by atoms with Crippen molar-refractivity contribution in [2.75, 3.05) is 43.1 Å². The third-order valence-electron chi connectivity index (χ3n) is 5.60. The van der Waals surface area contributed by atoms with Crippen LogP contribution < -0.4 is 15.5 Å². The Kier molecular flexibility index (Phi) is 6.31. The monoisotopic (exact) mass is 424 g/mol. The van der Waals surface area contributed by atoms with Crippen LogP contribution in [0.4, 0.5) is 16.3 Å². The number of hydrogen-bond acceptors (Lipinski definition) is 6. The number of nitrogens with zero attached hydrogens (tertiary/aromatic N) is 4. The second kappa shape index (κ2) is 9.30. The highest BCUT2D eigenvalue weighted by atomic mass is 16.5. The highest BCUT2D eigenvalue weighted by Gasteiger charge is 2.28. The summed E-state index contributed by atoms with van der Waals surface area (Å²) in [6.07, 6.45) is 1.62. The third kappa shape index (κ3) is 4.61. The summed E-state index contributed by atoms with van der Waals surface area (Å²) in [7, 11) is 0. The first-order chi connectivity index (χ1) is 15.1. The van der Waals surface area contributed by atoms with Crippen LogP contribution >= 0.6 is 0 Å². The summed E-state index contributed by atoms with van der Waals surface area (Å²) in [5, 5.41) is 5.50. The molecule has 2 aliphatic heterocycles. The molecular weight excluding hydrogens is 396 g/mol. The Hall–Kier alpha value is -3.20. The van der Waals surface area contributed by atoms with Gasteiger partial charge in [0.15, 0.2) is 5.82 Å². The number of fused-ring (bicyclic) bond motifs is 1. The van der Waals surface area contributed by atoms with Gasteiger partial charge in [-0.15, -0.1) is 0 Å². The van der Waals surface area contributed by atoms with Crippen LogP contribution in [-0.2, 0) is 22.5 Å². The van der Waals surface area contributed by atoms with Gasteiger partial charge in [-0.2, -0.15) is 0 Å². The summed E-state index contributed by atoms with van der Waals surface area (Å²) in [5.41, 5.74) is 3.56. The first-order valence-corrected chi connectivity index (χ1v) is 10.7. The molecule has 2 N–H and O–H groups in total. The summed E-state index contributed by atoms with van der Waals surface area (Å²) < 4.78 is 5.61. The first-order valence-electron chi connectivity index (χ1n) is 10.7. The lowest BCUT2D eigenvalue weighted by Crippen LogP contribution is -2.45. The fourth-order valence-electron chi connectivity index (χ4n) is 3.97. The maximum Gasteiger partial charge on any atom is 0.319 e. The van der Waals surface area contributed by atoms with Crippen molar-refractivity contribution >= 4 is 23.9 Å². The topological polar surface area (TPSA) is 99.7 Å². The normalized spacial score (nSPS) is 18.3. The third-order valence-corrected chi connectivity index (χ3v) is 5.60. The molecule has 0 bridgehead atoms. The van der Waals surface area contributed by atoms with Crippen LogP contribution in [0.15, 0.2) is 24.3 Å². The van der Waals surface area contributed by atoms with E-state index in [4.69, 9.17) is 14.7 Å². The van der Waals surface area contributed by atoms with Crippen molar-refractivity contribution in [2.45, 2.75) is 32.9 Å². The van der Waals surface area contributed by atoms with Crippen molar-refractivity contribution in [3.63, 3.8) is 0 Å². The lowest BCUT2D eigenvalue weighted by Gasteiger charge is -2.37. The zero-order valence-electron chi connectivity index (χ0n) is 17.9. The van der Waals surface area contributed by atoms with E-state index in [2.05, 4.69) is 22.5 Å². The van der Waals surface area contributed by atoms with E-state index in [1.54, 1.807) is 4.90 Å². The van der Waals surface area contributed by atoms with Gasteiger partial charge in [-0.1, -0.05) is 0 Å². The maximum atomic E-state index is 11.7. The SMILES string of the molecule is CCNC(=O)Nc1ccc(-c2nc3c(c(N4CCOC[C@@H]4C)n2)CCN(C=O)C3)cc1. The Bertz CT molecular complexity index is 949. The number of nitrogens with one attached hydrogen (secondary N) is 2. The molecule has 0 saturated carbocycles. The quantitative estimate of drug-likeness (QED) is 0.713. The molecule has 3 heterocycles. The maximum absolute atomic E-state index is 11.7. The molecule has 4 rings (SSSR count). The summed E-state index contributed by atoms with van der Waals surface area (Å²) in [6.45, 7) is 7.82. The van der Waals surface area contributed by atoms with Crippen LogP contribution in [0, 0.1) is 0 Å². The van der Waals surface area contributed by atoms with Gasteiger partial charge in [0.1, 0.15) is 5.82 Å². The summed E-state index contributed by atoms with van der Waals surface area (Å²) in [5.74, 6) is 1.55. The molecule has 0 radical (unpaired) electrons. The van der Waals surface area contributed by atoms with Crippen molar-refractivity contribution in [2.24, 2.45) is 0 Å². The van der Waals surface area contributed by atoms with Gasteiger partial charge in [0, 0.05) is 36.4 Å². The number of carbonyl (C=O) groups excluding carboxylic acids is 2. The molecule has 1 aromatic heterocycles. The Morgan fingerprint density at radius 3 is 2.77 bits per heavy atom. The molecule has 164 valence electrons. The fourth-order valence-corrected chi connectivity index (χ4v) is 3.97. The first kappa shape index (κ1) is 21.0. The molecule has 9 nitrogen and oxygen atoms in total. The predicted octanol–water partition coefficient (Wildman–Crippen LogP) is 2.02. The van der Waals surface area contributed by atoms with Crippen molar-refractivity contribution < 1.29 is 14.3 Å². The van der Waals surface area contributed by atoms with Gasteiger partial charge in [-0.05, 0) is 44.5 Å². The van der Waals surface area contributed by atoms with E-state index in [1.807, 2.05) is 31.2 Å². The van der Waals surface area contributed by atoms with E-state index in [9.17, 15) is 9.59 Å². The van der Waals surface area contributed by atoms with Gasteiger partial charge >= 0.3 is 6.03 Å². The van der Waals surface area contributed by atoms with E-state index in [1.165, 1.54) is 0 Å². The van der Waals surface area contributed by atoms with Crippen LogP contribution in [0.2, 0.25) is 0 Å². The number of ether oxygens (including phenoxy) is 1. The molecule has 0 unspecified atom stereocenters. The number of anilines is 2. The van der Waals surface area contributed by atoms with E-state index < -0.39 is 0 Å². The summed E-state index contributed by atoms with van der Waals surface area (Å²) in [6, 6.07) is 7.45. The highest BCUT2D eigenvalue weighted by molar-refractivity contribution is 5.89. The Morgan fingerprint density at radius 2 is 2.06 bits per heavy atom. The lowest BCUT2D eigenvalue weighted by atomic mass is 10.0. The highest BCUT2D eigenvalue weighted by Crippen LogP contribution is 2.31. The zero-order chi connectivity index (χ0) is 21.8. The van der Waals surface area contributed by atoms with Gasteiger partial charge in [-0.25, -0.2) is 14.8 Å². The molecule has 2 aliphatic rings. The second-order valence-corrected chi connectivity index (χ2v) is 7.80. The Labute approximate surface area is 181 Å². The number of rotatable bonds is 5. The smallest absolute Gasteiger partial charge is 0.319 e. The molecule has 0 aliphatic carbocycles. The minimum atomic E-state index is -0.238. The van der Waals surface area contributed by atoms with Crippen LogP contribution in [0.1, 0.15) is 25.1 Å². The number of carbonyl (C=O) groups is 2. The molecule has 2 aromatic rings. The minimum absolute atomic E-state index is 0.216. The molecule has 3 amide bonds. The number of morpholine rings is 1. The molecular formula is C22H28N6O3. The van der Waals surface area contributed by atoms with Crippen molar-refractivity contribution in [3.8, 4) is 11.4 Å². The van der Waals surface area contributed by atoms with Gasteiger partial charge in [-0.3, -0.25) is 4.79 Å². The molecule has 0 spiro atoms. The zero-order valence-corrected chi connectivity index (χ0v) is 17.9. The largest absolute Gasteiger partial charge is 0.377 e. The average Bonchev–Trinajstić information content (AvgIpc) is 2.79. The number of amides is 3. The molecule has 31 heavy (non-hydrogen) atoms. The van der Waals surface area contributed by atoms with Crippen LogP contribution in [-0.4, -0.2) is 66.2 Å². The van der Waals surface area contributed by atoms with Gasteiger partial charge in [0.25, 0.3) is 0 Å². The fraction of sp³-hybridized carbons (Fsp3) is 0.455. The van der Waals surface area contributed by atoms with E-state index in [-0.39, 0.29) is 12.1 Å². The van der Waals surface area contributed by atoms with E-state index in [0.717, 1.165) is 42.0 Å². The van der Waals surface area contributed by atoms with E-state index >= 15 is 0 Å². The minimum Gasteiger partial charge on any atom is -0.377 e. The van der Waals surface area contributed by atoms with Crippen LogP contribution in [0.25, 0.3) is 11.4 Å². The van der Waals surface area contributed by atoms with Gasteiger partial charge < -0.3 is 25.2 Å². The summed E-state index contributed by atoms with van der Waals surface area (Å²) in [4.78, 5) is 36.9. The number of benzene rings is 1. The molecule has 1 saturated heterocycles. The predicted molar refractivity (Wildman–Crippen MR) is 118 cm³/mol. The van der Waals surface area contributed by atoms with Crippen molar-refractivity contribution in [1.29, 1.82) is 0 Å². The van der Waals surface area contributed by atoms with Crippen LogP contribution in [0.3, 0.4) is 0 Å². The number of hydrogen-bond donors (Lipinski definition) is 2. The standard InChI is InChI=1S/C22H28N6O3/c1-3-23-22(30)24-17-6-4-16(5-7-17)20-25-19-12-27(14-29)9-8-18(19)21(26-20)28-10-11-31-13-15(28)2/h4-7,14-15H,3,8-13H2,1-2H3,(H2,23,24,30)/t15-/m0/s1. The van der Waals surface area contributed by atoms with Crippen LogP contribution in [0.5, 0.6) is 0 Å². The number of aromatic nitrogens is 2. The lowest BCUT2D eigenvalue weighted by molar-refractivity contribution is -0.119. The molecule has 9 heteroatoms. The Balaban J connectivity index is 1.68. The van der Waals surface area contributed by atoms with Gasteiger partial charge in [0.05, 0.1) is 31.5 Å². The van der Waals surface area contributed by atoms with Crippen molar-refractivity contribution in [3.05, 3.63) is 35.5 Å². The number of urea groups is 1. The Morgan fingerprint density at radius 1 is 1.26 bits per heavy atom. The average molecular weight is 425 g/mol. The molecule has 1 atom stereocenters.